The Morgan fingerprint density at radius 1 is 1.43 bits per heavy atom. The molecular weight excluding hydrogens is 338 g/mol. The number of carbonyl (C=O) groups is 1. The first-order valence-electron chi connectivity index (χ1n) is 6.69. The van der Waals surface area contributed by atoms with Gasteiger partial charge >= 0.3 is 0 Å². The third-order valence-electron chi connectivity index (χ3n) is 2.80. The average molecular weight is 351 g/mol. The fourth-order valence-corrected chi connectivity index (χ4v) is 2.22. The van der Waals surface area contributed by atoms with Crippen LogP contribution in [0.25, 0.3) is 11.3 Å². The first-order valence-corrected chi connectivity index (χ1v) is 7.48. The Balaban J connectivity index is 2.10. The molecule has 0 unspecified atom stereocenters. The molecule has 1 aromatic heterocycles. The summed E-state index contributed by atoms with van der Waals surface area (Å²) in [6.45, 7) is 2.63. The van der Waals surface area contributed by atoms with Crippen molar-refractivity contribution < 1.29 is 14.3 Å². The van der Waals surface area contributed by atoms with Gasteiger partial charge in [-0.1, -0.05) is 23.7 Å². The molecule has 0 aliphatic heterocycles. The van der Waals surface area contributed by atoms with Gasteiger partial charge in [0.15, 0.2) is 5.11 Å². The molecule has 2 rings (SSSR count). The Morgan fingerprint density at radius 3 is 2.87 bits per heavy atom. The van der Waals surface area contributed by atoms with Crippen LogP contribution in [0.3, 0.4) is 0 Å². The number of thiocarbonyl (C=S) groups is 1. The van der Waals surface area contributed by atoms with Crippen LogP contribution in [0.2, 0.25) is 5.02 Å². The molecule has 0 aliphatic carbocycles. The average Bonchev–Trinajstić information content (AvgIpc) is 2.96. The van der Waals surface area contributed by atoms with Gasteiger partial charge in [-0.3, -0.25) is 5.43 Å². The minimum Gasteiger partial charge on any atom is -0.545 e. The Hall–Kier alpha value is -2.38. The predicted molar refractivity (Wildman–Crippen MR) is 90.5 cm³/mol. The summed E-state index contributed by atoms with van der Waals surface area (Å²) in [4.78, 5) is 10.8. The van der Waals surface area contributed by atoms with Crippen molar-refractivity contribution >= 4 is 41.1 Å². The Morgan fingerprint density at radius 2 is 2.22 bits per heavy atom. The number of carbonyl (C=O) groups excluding carboxylic acids is 1. The van der Waals surface area contributed by atoms with Gasteiger partial charge in [0.2, 0.25) is 0 Å². The third-order valence-corrected chi connectivity index (χ3v) is 3.34. The lowest BCUT2D eigenvalue weighted by Gasteiger charge is -2.06. The number of carboxylic acid groups (broad SMARTS) is 1. The van der Waals surface area contributed by atoms with Crippen molar-refractivity contribution in [1.29, 1.82) is 0 Å². The summed E-state index contributed by atoms with van der Waals surface area (Å²) < 4.78 is 5.59. The number of hydrazone groups is 1. The Labute approximate surface area is 143 Å². The van der Waals surface area contributed by atoms with Crippen LogP contribution in [0.15, 0.2) is 39.9 Å². The van der Waals surface area contributed by atoms with E-state index in [1.165, 1.54) is 18.3 Å². The number of hydrogen-bond donors (Lipinski definition) is 2. The summed E-state index contributed by atoms with van der Waals surface area (Å²) >= 11 is 10.9. The lowest BCUT2D eigenvalue weighted by Crippen LogP contribution is -2.31. The van der Waals surface area contributed by atoms with Crippen molar-refractivity contribution in [2.75, 3.05) is 6.54 Å². The summed E-state index contributed by atoms with van der Waals surface area (Å²) in [7, 11) is 0. The van der Waals surface area contributed by atoms with E-state index in [4.69, 9.17) is 28.2 Å². The molecule has 8 heteroatoms. The highest BCUT2D eigenvalue weighted by Crippen LogP contribution is 2.26. The first kappa shape index (κ1) is 17.0. The topological polar surface area (TPSA) is 89.7 Å². The van der Waals surface area contributed by atoms with E-state index >= 15 is 0 Å². The van der Waals surface area contributed by atoms with Crippen LogP contribution in [0.5, 0.6) is 0 Å². The van der Waals surface area contributed by atoms with Crippen LogP contribution < -0.4 is 15.8 Å². The number of nitrogens with zero attached hydrogens (tertiary/aromatic N) is 1. The van der Waals surface area contributed by atoms with E-state index in [0.29, 0.717) is 28.7 Å². The maximum absolute atomic E-state index is 10.8. The maximum atomic E-state index is 10.8. The molecule has 0 amide bonds. The van der Waals surface area contributed by atoms with Crippen molar-refractivity contribution in [3.8, 4) is 11.3 Å². The minimum absolute atomic E-state index is 0.0649. The standard InChI is InChI=1S/C15H14ClN3O3S/c1-2-17-15(23)19-18-8-10-4-6-13(22-10)9-3-5-11(14(20)21)12(16)7-9/h3-8H,2H2,1H3,(H,20,21)(H2,17,19,23)/p-1/b18-8+. The number of rotatable bonds is 5. The van der Waals surface area contributed by atoms with Gasteiger partial charge in [-0.05, 0) is 37.3 Å². The molecule has 0 radical (unpaired) electrons. The number of hydrogen-bond acceptors (Lipinski definition) is 5. The predicted octanol–water partition coefficient (Wildman–Crippen LogP) is 1.78. The smallest absolute Gasteiger partial charge is 0.186 e. The zero-order valence-corrected chi connectivity index (χ0v) is 13.7. The fourth-order valence-electron chi connectivity index (χ4n) is 1.77. The van der Waals surface area contributed by atoms with E-state index < -0.39 is 5.97 Å². The molecule has 0 saturated heterocycles. The highest BCUT2D eigenvalue weighted by Gasteiger charge is 2.07. The van der Waals surface area contributed by atoms with Gasteiger partial charge < -0.3 is 19.6 Å². The highest BCUT2D eigenvalue weighted by atomic mass is 35.5. The molecule has 6 nitrogen and oxygen atoms in total. The molecule has 1 heterocycles. The van der Waals surface area contributed by atoms with E-state index in [9.17, 15) is 9.90 Å². The van der Waals surface area contributed by atoms with E-state index in [-0.39, 0.29) is 10.6 Å². The van der Waals surface area contributed by atoms with Crippen LogP contribution in [-0.2, 0) is 0 Å². The molecule has 0 saturated carbocycles. The van der Waals surface area contributed by atoms with Gasteiger partial charge in [-0.2, -0.15) is 5.10 Å². The monoisotopic (exact) mass is 350 g/mol. The summed E-state index contributed by atoms with van der Waals surface area (Å²) in [5, 5.41) is 18.2. The Bertz CT molecular complexity index is 758. The van der Waals surface area contributed by atoms with E-state index in [0.717, 1.165) is 0 Å². The van der Waals surface area contributed by atoms with Gasteiger partial charge in [-0.15, -0.1) is 0 Å². The molecule has 2 N–H and O–H groups in total. The number of halogens is 1. The van der Waals surface area contributed by atoms with Crippen molar-refractivity contribution in [3.05, 3.63) is 46.7 Å². The zero-order chi connectivity index (χ0) is 16.8. The molecule has 0 fully saturated rings. The molecule has 0 aliphatic rings. The Kier molecular flexibility index (Phi) is 5.72. The van der Waals surface area contributed by atoms with Crippen LogP contribution in [0.1, 0.15) is 23.0 Å². The van der Waals surface area contributed by atoms with Crippen LogP contribution in [0.4, 0.5) is 0 Å². The number of nitrogens with one attached hydrogen (secondary N) is 2. The lowest BCUT2D eigenvalue weighted by atomic mass is 10.1. The second-order valence-corrected chi connectivity index (χ2v) is 5.23. The minimum atomic E-state index is -1.32. The van der Waals surface area contributed by atoms with Crippen molar-refractivity contribution in [2.45, 2.75) is 6.92 Å². The van der Waals surface area contributed by atoms with Gasteiger partial charge in [0.25, 0.3) is 0 Å². The molecule has 0 bridgehead atoms. The normalized spacial score (nSPS) is 10.7. The van der Waals surface area contributed by atoms with Gasteiger partial charge in [0.05, 0.1) is 17.2 Å². The molecule has 1 aromatic carbocycles. The highest BCUT2D eigenvalue weighted by molar-refractivity contribution is 7.80. The third kappa shape index (κ3) is 4.54. The van der Waals surface area contributed by atoms with Crippen molar-refractivity contribution in [1.82, 2.24) is 10.7 Å². The molecular formula is C15H13ClN3O3S-. The second kappa shape index (κ2) is 7.75. The summed E-state index contributed by atoms with van der Waals surface area (Å²) in [5.74, 6) is -0.282. The van der Waals surface area contributed by atoms with Gasteiger partial charge in [0, 0.05) is 17.7 Å². The quantitative estimate of drug-likeness (QED) is 0.485. The van der Waals surface area contributed by atoms with E-state index in [1.54, 1.807) is 18.2 Å². The molecule has 120 valence electrons. The number of carboxylic acids is 1. The fraction of sp³-hybridized carbons (Fsp3) is 0.133. The molecule has 0 atom stereocenters. The molecule has 2 aromatic rings. The van der Waals surface area contributed by atoms with Crippen LogP contribution in [0, 0.1) is 0 Å². The van der Waals surface area contributed by atoms with Crippen molar-refractivity contribution in [2.24, 2.45) is 5.10 Å². The summed E-state index contributed by atoms with van der Waals surface area (Å²) in [6.07, 6.45) is 1.48. The second-order valence-electron chi connectivity index (χ2n) is 4.41. The maximum Gasteiger partial charge on any atom is 0.186 e. The van der Waals surface area contributed by atoms with Crippen LogP contribution in [-0.4, -0.2) is 23.8 Å². The number of aromatic carboxylic acids is 1. The number of benzene rings is 1. The molecule has 23 heavy (non-hydrogen) atoms. The van der Waals surface area contributed by atoms with Crippen LogP contribution >= 0.6 is 23.8 Å². The SMILES string of the molecule is CCNC(=S)N/N=C/c1ccc(-c2ccc(C(=O)[O-])c(Cl)c2)o1. The lowest BCUT2D eigenvalue weighted by molar-refractivity contribution is -0.255. The van der Waals surface area contributed by atoms with Gasteiger partial charge in [-0.25, -0.2) is 0 Å². The molecule has 0 spiro atoms. The van der Waals surface area contributed by atoms with E-state index in [2.05, 4.69) is 15.8 Å². The number of furan rings is 1. The largest absolute Gasteiger partial charge is 0.545 e. The van der Waals surface area contributed by atoms with E-state index in [1.807, 2.05) is 6.92 Å². The first-order chi connectivity index (χ1) is 11.0. The summed E-state index contributed by atoms with van der Waals surface area (Å²) in [6, 6.07) is 7.92. The zero-order valence-electron chi connectivity index (χ0n) is 12.1. The van der Waals surface area contributed by atoms with Crippen molar-refractivity contribution in [3.63, 3.8) is 0 Å². The summed E-state index contributed by atoms with van der Waals surface area (Å²) in [5.41, 5.74) is 3.23. The van der Waals surface area contributed by atoms with Gasteiger partial charge in [0.1, 0.15) is 11.5 Å².